The molecule has 0 aromatic heterocycles. The summed E-state index contributed by atoms with van der Waals surface area (Å²) in [4.78, 5) is 11.7. The monoisotopic (exact) mass is 260 g/mol. The Morgan fingerprint density at radius 1 is 1.47 bits per heavy atom. The summed E-state index contributed by atoms with van der Waals surface area (Å²) in [5.74, 6) is 5.74. The first-order chi connectivity index (χ1) is 9.17. The van der Waals surface area contributed by atoms with Crippen LogP contribution in [0.5, 0.6) is 0 Å². The molecule has 0 spiro atoms. The van der Waals surface area contributed by atoms with Gasteiger partial charge in [-0.3, -0.25) is 4.79 Å². The Morgan fingerprint density at radius 2 is 2.26 bits per heavy atom. The van der Waals surface area contributed by atoms with Crippen LogP contribution in [-0.4, -0.2) is 25.7 Å². The second-order valence-electron chi connectivity index (χ2n) is 4.03. The molecule has 19 heavy (non-hydrogen) atoms. The van der Waals surface area contributed by atoms with Gasteiger partial charge in [0, 0.05) is 17.9 Å². The number of amides is 1. The summed E-state index contributed by atoms with van der Waals surface area (Å²) in [5.41, 5.74) is 8.05. The van der Waals surface area contributed by atoms with E-state index in [1.807, 2.05) is 32.0 Å². The molecule has 4 heteroatoms. The molecule has 0 atom stereocenters. The van der Waals surface area contributed by atoms with Crippen LogP contribution in [0.25, 0.3) is 0 Å². The van der Waals surface area contributed by atoms with E-state index in [2.05, 4.69) is 17.2 Å². The van der Waals surface area contributed by atoms with Gasteiger partial charge in [0.2, 0.25) is 5.91 Å². The highest BCUT2D eigenvalue weighted by Gasteiger charge is 2.03. The second kappa shape index (κ2) is 8.30. The first kappa shape index (κ1) is 15.2. The van der Waals surface area contributed by atoms with Crippen molar-refractivity contribution in [3.63, 3.8) is 0 Å². The average molecular weight is 260 g/mol. The van der Waals surface area contributed by atoms with Gasteiger partial charge in [0.15, 0.2) is 0 Å². The summed E-state index contributed by atoms with van der Waals surface area (Å²) >= 11 is 0. The Kier molecular flexibility index (Phi) is 6.65. The SMILES string of the molecule is CCOCCC(=O)Nc1ccc(C)c(C#CCN)c1. The van der Waals surface area contributed by atoms with Gasteiger partial charge in [0.25, 0.3) is 0 Å². The number of ether oxygens (including phenoxy) is 1. The zero-order valence-electron chi connectivity index (χ0n) is 11.5. The lowest BCUT2D eigenvalue weighted by Crippen LogP contribution is -2.14. The van der Waals surface area contributed by atoms with Crippen molar-refractivity contribution >= 4 is 11.6 Å². The van der Waals surface area contributed by atoms with Crippen molar-refractivity contribution in [3.8, 4) is 11.8 Å². The molecule has 0 aliphatic heterocycles. The summed E-state index contributed by atoms with van der Waals surface area (Å²) in [6.45, 7) is 5.26. The van der Waals surface area contributed by atoms with Crippen LogP contribution in [0.2, 0.25) is 0 Å². The van der Waals surface area contributed by atoms with Crippen molar-refractivity contribution in [3.05, 3.63) is 29.3 Å². The third-order valence-corrected chi connectivity index (χ3v) is 2.52. The molecular formula is C15H20N2O2. The first-order valence-corrected chi connectivity index (χ1v) is 6.34. The Morgan fingerprint density at radius 3 is 2.95 bits per heavy atom. The van der Waals surface area contributed by atoms with Gasteiger partial charge in [-0.15, -0.1) is 0 Å². The van der Waals surface area contributed by atoms with E-state index in [0.29, 0.717) is 26.2 Å². The van der Waals surface area contributed by atoms with Crippen molar-refractivity contribution in [2.24, 2.45) is 5.73 Å². The minimum atomic E-state index is -0.0602. The van der Waals surface area contributed by atoms with E-state index in [0.717, 1.165) is 16.8 Å². The van der Waals surface area contributed by atoms with Gasteiger partial charge in [-0.05, 0) is 31.5 Å². The van der Waals surface area contributed by atoms with Gasteiger partial charge < -0.3 is 15.8 Å². The summed E-state index contributed by atoms with van der Waals surface area (Å²) < 4.78 is 5.14. The van der Waals surface area contributed by atoms with Crippen LogP contribution < -0.4 is 11.1 Å². The third kappa shape index (κ3) is 5.56. The predicted molar refractivity (Wildman–Crippen MR) is 76.9 cm³/mol. The fourth-order valence-electron chi connectivity index (χ4n) is 1.51. The molecule has 0 bridgehead atoms. The standard InChI is InChI=1S/C15H20N2O2/c1-3-19-10-8-15(18)17-14-7-6-12(2)13(11-14)5-4-9-16/h6-7,11H,3,8-10,16H2,1-2H3,(H,17,18). The number of nitrogens with two attached hydrogens (primary N) is 1. The molecule has 1 amide bonds. The number of nitrogens with one attached hydrogen (secondary N) is 1. The second-order valence-corrected chi connectivity index (χ2v) is 4.03. The maximum atomic E-state index is 11.7. The molecule has 0 radical (unpaired) electrons. The van der Waals surface area contributed by atoms with Gasteiger partial charge in [-0.1, -0.05) is 17.9 Å². The molecular weight excluding hydrogens is 240 g/mol. The number of rotatable bonds is 5. The van der Waals surface area contributed by atoms with Gasteiger partial charge in [-0.25, -0.2) is 0 Å². The smallest absolute Gasteiger partial charge is 0.226 e. The van der Waals surface area contributed by atoms with Crippen LogP contribution in [0.1, 0.15) is 24.5 Å². The Hall–Kier alpha value is -1.83. The molecule has 4 nitrogen and oxygen atoms in total. The molecule has 0 fully saturated rings. The van der Waals surface area contributed by atoms with Crippen molar-refractivity contribution < 1.29 is 9.53 Å². The van der Waals surface area contributed by atoms with Crippen LogP contribution in [0.3, 0.4) is 0 Å². The summed E-state index contributed by atoms with van der Waals surface area (Å²) in [5, 5.41) is 2.83. The first-order valence-electron chi connectivity index (χ1n) is 6.34. The molecule has 0 aliphatic carbocycles. The molecule has 0 unspecified atom stereocenters. The largest absolute Gasteiger partial charge is 0.381 e. The van der Waals surface area contributed by atoms with Crippen LogP contribution in [0.4, 0.5) is 5.69 Å². The van der Waals surface area contributed by atoms with Gasteiger partial charge in [0.05, 0.1) is 19.6 Å². The number of benzene rings is 1. The predicted octanol–water partition coefficient (Wildman–Crippen LogP) is 1.67. The molecule has 3 N–H and O–H groups in total. The molecule has 0 aliphatic rings. The van der Waals surface area contributed by atoms with Gasteiger partial charge in [0.1, 0.15) is 0 Å². The minimum absolute atomic E-state index is 0.0602. The topological polar surface area (TPSA) is 64.3 Å². The van der Waals surface area contributed by atoms with E-state index in [-0.39, 0.29) is 5.91 Å². The molecule has 0 heterocycles. The third-order valence-electron chi connectivity index (χ3n) is 2.52. The van der Waals surface area contributed by atoms with E-state index < -0.39 is 0 Å². The van der Waals surface area contributed by atoms with Crippen molar-refractivity contribution in [2.75, 3.05) is 25.1 Å². The van der Waals surface area contributed by atoms with Crippen LogP contribution in [-0.2, 0) is 9.53 Å². The lowest BCUT2D eigenvalue weighted by atomic mass is 10.1. The number of anilines is 1. The molecule has 0 saturated carbocycles. The average Bonchev–Trinajstić information content (AvgIpc) is 2.39. The van der Waals surface area contributed by atoms with E-state index in [1.165, 1.54) is 0 Å². The molecule has 102 valence electrons. The van der Waals surface area contributed by atoms with Crippen LogP contribution in [0, 0.1) is 18.8 Å². The van der Waals surface area contributed by atoms with Gasteiger partial charge >= 0.3 is 0 Å². The fourth-order valence-corrected chi connectivity index (χ4v) is 1.51. The number of carbonyl (C=O) groups is 1. The van der Waals surface area contributed by atoms with Gasteiger partial charge in [-0.2, -0.15) is 0 Å². The van der Waals surface area contributed by atoms with Crippen molar-refractivity contribution in [1.82, 2.24) is 0 Å². The number of hydrogen-bond donors (Lipinski definition) is 2. The maximum absolute atomic E-state index is 11.7. The summed E-state index contributed by atoms with van der Waals surface area (Å²) in [6, 6.07) is 5.65. The number of hydrogen-bond acceptors (Lipinski definition) is 3. The lowest BCUT2D eigenvalue weighted by molar-refractivity contribution is -0.117. The number of carbonyl (C=O) groups excluding carboxylic acids is 1. The lowest BCUT2D eigenvalue weighted by Gasteiger charge is -2.07. The highest BCUT2D eigenvalue weighted by atomic mass is 16.5. The van der Waals surface area contributed by atoms with E-state index in [9.17, 15) is 4.79 Å². The van der Waals surface area contributed by atoms with E-state index >= 15 is 0 Å². The molecule has 1 aromatic carbocycles. The summed E-state index contributed by atoms with van der Waals surface area (Å²) in [6.07, 6.45) is 0.353. The normalized spacial score (nSPS) is 9.63. The minimum Gasteiger partial charge on any atom is -0.381 e. The Labute approximate surface area is 114 Å². The summed E-state index contributed by atoms with van der Waals surface area (Å²) in [7, 11) is 0. The highest BCUT2D eigenvalue weighted by Crippen LogP contribution is 2.14. The Balaban J connectivity index is 2.66. The zero-order valence-corrected chi connectivity index (χ0v) is 11.5. The maximum Gasteiger partial charge on any atom is 0.226 e. The zero-order chi connectivity index (χ0) is 14.1. The highest BCUT2D eigenvalue weighted by molar-refractivity contribution is 5.91. The van der Waals surface area contributed by atoms with Crippen LogP contribution >= 0.6 is 0 Å². The number of aryl methyl sites for hydroxylation is 1. The van der Waals surface area contributed by atoms with Crippen molar-refractivity contribution in [1.29, 1.82) is 0 Å². The fraction of sp³-hybridized carbons (Fsp3) is 0.400. The van der Waals surface area contributed by atoms with Crippen LogP contribution in [0.15, 0.2) is 18.2 Å². The molecule has 0 saturated heterocycles. The molecule has 1 rings (SSSR count). The molecule has 1 aromatic rings. The Bertz CT molecular complexity index is 487. The van der Waals surface area contributed by atoms with E-state index in [1.54, 1.807) is 0 Å². The van der Waals surface area contributed by atoms with E-state index in [4.69, 9.17) is 10.5 Å². The van der Waals surface area contributed by atoms with Crippen molar-refractivity contribution in [2.45, 2.75) is 20.3 Å². The quantitative estimate of drug-likeness (QED) is 0.625.